The average molecular weight is 453 g/mol. The molecule has 4 aromatic carbocycles. The summed E-state index contributed by atoms with van der Waals surface area (Å²) in [7, 11) is 0. The predicted octanol–water partition coefficient (Wildman–Crippen LogP) is 8.30. The molecule has 1 aliphatic rings. The molecule has 1 unspecified atom stereocenters. The first-order valence-corrected chi connectivity index (χ1v) is 12.3. The Morgan fingerprint density at radius 1 is 0.800 bits per heavy atom. The number of benzene rings is 4. The van der Waals surface area contributed by atoms with Crippen LogP contribution in [0.3, 0.4) is 0 Å². The smallest absolute Gasteiger partial charge is 0.0640 e. The number of hydrogen-bond acceptors (Lipinski definition) is 1. The van der Waals surface area contributed by atoms with Crippen molar-refractivity contribution in [2.45, 2.75) is 25.8 Å². The van der Waals surface area contributed by atoms with Crippen molar-refractivity contribution in [3.05, 3.63) is 137 Å². The van der Waals surface area contributed by atoms with Gasteiger partial charge in [-0.3, -0.25) is 4.99 Å². The van der Waals surface area contributed by atoms with Crippen LogP contribution in [0, 0.1) is 0 Å². The molecule has 0 bridgehead atoms. The zero-order valence-corrected chi connectivity index (χ0v) is 19.9. The van der Waals surface area contributed by atoms with Crippen LogP contribution in [0.1, 0.15) is 47.2 Å². The van der Waals surface area contributed by atoms with Crippen LogP contribution >= 0.6 is 0 Å². The first kappa shape index (κ1) is 21.4. The van der Waals surface area contributed by atoms with Crippen LogP contribution in [0.25, 0.3) is 28.2 Å². The van der Waals surface area contributed by atoms with E-state index in [0.717, 1.165) is 12.0 Å². The third kappa shape index (κ3) is 4.13. The van der Waals surface area contributed by atoms with E-state index in [1.54, 1.807) is 0 Å². The second-order valence-electron chi connectivity index (χ2n) is 9.34. The summed E-state index contributed by atoms with van der Waals surface area (Å²) in [5, 5.41) is 1.32. The number of fused-ring (bicyclic) bond motifs is 3. The van der Waals surface area contributed by atoms with Gasteiger partial charge in [-0.05, 0) is 53.0 Å². The molecule has 0 spiro atoms. The Morgan fingerprint density at radius 3 is 2.26 bits per heavy atom. The minimum absolute atomic E-state index is 0.424. The fourth-order valence-electron chi connectivity index (χ4n) is 5.26. The quantitative estimate of drug-likeness (QED) is 0.239. The monoisotopic (exact) mass is 452 g/mol. The highest BCUT2D eigenvalue weighted by atomic mass is 15.0. The first-order chi connectivity index (χ1) is 17.3. The average Bonchev–Trinajstić information content (AvgIpc) is 3.25. The lowest BCUT2D eigenvalue weighted by molar-refractivity contribution is 0.733. The summed E-state index contributed by atoms with van der Waals surface area (Å²) in [4.78, 5) is 4.63. The zero-order valence-electron chi connectivity index (χ0n) is 19.9. The molecule has 0 saturated carbocycles. The number of rotatable bonds is 5. The lowest BCUT2D eigenvalue weighted by Crippen LogP contribution is -2.09. The van der Waals surface area contributed by atoms with Crippen LogP contribution in [-0.4, -0.2) is 10.8 Å². The van der Waals surface area contributed by atoms with Gasteiger partial charge >= 0.3 is 0 Å². The fourth-order valence-corrected chi connectivity index (χ4v) is 5.26. The van der Waals surface area contributed by atoms with Crippen LogP contribution in [0.4, 0.5) is 0 Å². The Balaban J connectivity index is 1.37. The van der Waals surface area contributed by atoms with Crippen LogP contribution in [0.5, 0.6) is 0 Å². The maximum Gasteiger partial charge on any atom is 0.0640 e. The number of aromatic nitrogens is 1. The number of aliphatic imine (C=N–C) groups is 1. The highest BCUT2D eigenvalue weighted by Crippen LogP contribution is 2.43. The van der Waals surface area contributed by atoms with E-state index in [-0.39, 0.29) is 0 Å². The Bertz CT molecular complexity index is 1520. The summed E-state index contributed by atoms with van der Waals surface area (Å²) in [6.45, 7) is 3.04. The van der Waals surface area contributed by atoms with Gasteiger partial charge in [0, 0.05) is 34.5 Å². The van der Waals surface area contributed by atoms with Gasteiger partial charge in [0.25, 0.3) is 0 Å². The van der Waals surface area contributed by atoms with Crippen molar-refractivity contribution in [2.75, 3.05) is 0 Å². The van der Waals surface area contributed by atoms with E-state index in [2.05, 4.69) is 114 Å². The zero-order chi connectivity index (χ0) is 23.6. The molecular formula is C33H28N2. The standard InChI is InChI=1S/C33H28N2/c1-24-20-28(27-12-6-3-7-13-27)21-31-30-14-8-9-15-32(30)35(33(24)31)29-18-16-26(17-19-29)23-34-22-25-10-4-2-5-11-25/h2-19,21-22,24H,20,23H2,1H3. The van der Waals surface area contributed by atoms with Gasteiger partial charge in [-0.1, -0.05) is 97.9 Å². The molecule has 2 heteroatoms. The lowest BCUT2D eigenvalue weighted by Gasteiger charge is -2.24. The second kappa shape index (κ2) is 9.23. The molecule has 0 saturated heterocycles. The molecule has 0 fully saturated rings. The Kier molecular flexibility index (Phi) is 5.64. The second-order valence-corrected chi connectivity index (χ2v) is 9.34. The minimum atomic E-state index is 0.424. The maximum atomic E-state index is 4.63. The number of para-hydroxylation sites is 1. The number of allylic oxidation sites excluding steroid dienone is 1. The topological polar surface area (TPSA) is 17.3 Å². The molecule has 0 aliphatic heterocycles. The van der Waals surface area contributed by atoms with Gasteiger partial charge in [0.05, 0.1) is 12.1 Å². The molecule has 1 aromatic heterocycles. The highest BCUT2D eigenvalue weighted by Gasteiger charge is 2.26. The summed E-state index contributed by atoms with van der Waals surface area (Å²) in [6, 6.07) is 38.7. The summed E-state index contributed by atoms with van der Waals surface area (Å²) in [5.41, 5.74) is 10.3. The van der Waals surface area contributed by atoms with Gasteiger partial charge in [0.15, 0.2) is 0 Å². The molecule has 0 amide bonds. The van der Waals surface area contributed by atoms with Gasteiger partial charge in [-0.25, -0.2) is 0 Å². The van der Waals surface area contributed by atoms with Gasteiger partial charge in [0.1, 0.15) is 0 Å². The summed E-state index contributed by atoms with van der Waals surface area (Å²) in [5.74, 6) is 0.424. The highest BCUT2D eigenvalue weighted by molar-refractivity contribution is 5.99. The fraction of sp³-hybridized carbons (Fsp3) is 0.121. The molecule has 5 aromatic rings. The van der Waals surface area contributed by atoms with Gasteiger partial charge in [-0.15, -0.1) is 0 Å². The minimum Gasteiger partial charge on any atom is -0.313 e. The van der Waals surface area contributed by atoms with Crippen LogP contribution in [-0.2, 0) is 6.54 Å². The van der Waals surface area contributed by atoms with Gasteiger partial charge < -0.3 is 4.57 Å². The largest absolute Gasteiger partial charge is 0.313 e. The van der Waals surface area contributed by atoms with E-state index in [4.69, 9.17) is 0 Å². The number of hydrogen-bond donors (Lipinski definition) is 0. The van der Waals surface area contributed by atoms with Crippen molar-refractivity contribution in [3.63, 3.8) is 0 Å². The molecule has 2 nitrogen and oxygen atoms in total. The van der Waals surface area contributed by atoms with Crippen molar-refractivity contribution >= 4 is 28.8 Å². The van der Waals surface area contributed by atoms with E-state index in [1.807, 2.05) is 24.4 Å². The Labute approximate surface area is 206 Å². The third-order valence-electron chi connectivity index (χ3n) is 6.92. The van der Waals surface area contributed by atoms with Crippen molar-refractivity contribution in [3.8, 4) is 5.69 Å². The SMILES string of the molecule is CC1CC(c2ccccc2)=Cc2c1n(-c1ccc(CN=Cc3ccccc3)cc1)c1ccccc21. The molecule has 0 radical (unpaired) electrons. The van der Waals surface area contributed by atoms with E-state index in [9.17, 15) is 0 Å². The molecule has 1 aliphatic carbocycles. The van der Waals surface area contributed by atoms with E-state index >= 15 is 0 Å². The van der Waals surface area contributed by atoms with Crippen molar-refractivity contribution in [1.82, 2.24) is 4.57 Å². The maximum absolute atomic E-state index is 4.63. The van der Waals surface area contributed by atoms with Crippen molar-refractivity contribution < 1.29 is 0 Å². The Hall–Kier alpha value is -4.17. The van der Waals surface area contributed by atoms with Crippen molar-refractivity contribution in [1.29, 1.82) is 0 Å². The molecule has 1 atom stereocenters. The molecular weight excluding hydrogens is 424 g/mol. The van der Waals surface area contributed by atoms with Crippen molar-refractivity contribution in [2.24, 2.45) is 4.99 Å². The van der Waals surface area contributed by atoms with Gasteiger partial charge in [0.2, 0.25) is 0 Å². The molecule has 35 heavy (non-hydrogen) atoms. The summed E-state index contributed by atoms with van der Waals surface area (Å²) in [6.07, 6.45) is 5.40. The summed E-state index contributed by atoms with van der Waals surface area (Å²) >= 11 is 0. The lowest BCUT2D eigenvalue weighted by atomic mass is 9.85. The van der Waals surface area contributed by atoms with Crippen LogP contribution in [0.15, 0.2) is 114 Å². The molecule has 0 N–H and O–H groups in total. The van der Waals surface area contributed by atoms with E-state index < -0.39 is 0 Å². The molecule has 1 heterocycles. The predicted molar refractivity (Wildman–Crippen MR) is 148 cm³/mol. The molecule has 170 valence electrons. The summed E-state index contributed by atoms with van der Waals surface area (Å²) < 4.78 is 2.46. The van der Waals surface area contributed by atoms with Gasteiger partial charge in [-0.2, -0.15) is 0 Å². The van der Waals surface area contributed by atoms with E-state index in [1.165, 1.54) is 44.5 Å². The van der Waals surface area contributed by atoms with Crippen LogP contribution < -0.4 is 0 Å². The normalized spacial score (nSPS) is 15.3. The van der Waals surface area contributed by atoms with Crippen LogP contribution in [0.2, 0.25) is 0 Å². The third-order valence-corrected chi connectivity index (χ3v) is 6.92. The Morgan fingerprint density at radius 2 is 1.49 bits per heavy atom. The first-order valence-electron chi connectivity index (χ1n) is 12.3. The van der Waals surface area contributed by atoms with E-state index in [0.29, 0.717) is 12.5 Å². The molecule has 6 rings (SSSR count). The number of nitrogens with zero attached hydrogens (tertiary/aromatic N) is 2.